The van der Waals surface area contributed by atoms with Gasteiger partial charge >= 0.3 is 0 Å². The van der Waals surface area contributed by atoms with Crippen LogP contribution in [0.3, 0.4) is 0 Å². The van der Waals surface area contributed by atoms with Gasteiger partial charge in [-0.05, 0) is 31.2 Å². The topological polar surface area (TPSA) is 27.0 Å². The van der Waals surface area contributed by atoms with Gasteiger partial charge in [-0.1, -0.05) is 20.8 Å². The van der Waals surface area contributed by atoms with Crippen LogP contribution >= 0.6 is 0 Å². The Hall–Kier alpha value is -0.550. The summed E-state index contributed by atoms with van der Waals surface area (Å²) in [5.74, 6) is 0. The van der Waals surface area contributed by atoms with Crippen LogP contribution < -0.4 is 0 Å². The SMILES string of the molecule is CCC(C#N)N1CCC(C)(CC)C1. The van der Waals surface area contributed by atoms with Gasteiger partial charge in [-0.15, -0.1) is 0 Å². The van der Waals surface area contributed by atoms with E-state index in [-0.39, 0.29) is 6.04 Å². The molecule has 2 heteroatoms. The molecule has 2 nitrogen and oxygen atoms in total. The molecule has 1 rings (SSSR count). The third-order valence-corrected chi connectivity index (χ3v) is 3.42. The molecular formula is C11H20N2. The Bertz CT molecular complexity index is 207. The first-order chi connectivity index (χ1) is 6.15. The van der Waals surface area contributed by atoms with Crippen molar-refractivity contribution >= 4 is 0 Å². The Morgan fingerprint density at radius 1 is 1.54 bits per heavy atom. The predicted molar refractivity (Wildman–Crippen MR) is 54.3 cm³/mol. The van der Waals surface area contributed by atoms with Gasteiger partial charge in [0, 0.05) is 6.54 Å². The van der Waals surface area contributed by atoms with E-state index in [2.05, 4.69) is 31.7 Å². The summed E-state index contributed by atoms with van der Waals surface area (Å²) >= 11 is 0. The van der Waals surface area contributed by atoms with Gasteiger partial charge in [-0.25, -0.2) is 0 Å². The highest BCUT2D eigenvalue weighted by Gasteiger charge is 2.34. The Kier molecular flexibility index (Phi) is 3.33. The molecule has 0 N–H and O–H groups in total. The van der Waals surface area contributed by atoms with E-state index in [0.717, 1.165) is 19.5 Å². The van der Waals surface area contributed by atoms with Crippen LogP contribution in [0.5, 0.6) is 0 Å². The number of hydrogen-bond donors (Lipinski definition) is 0. The lowest BCUT2D eigenvalue weighted by Crippen LogP contribution is -2.33. The van der Waals surface area contributed by atoms with E-state index < -0.39 is 0 Å². The molecule has 0 aliphatic carbocycles. The zero-order valence-corrected chi connectivity index (χ0v) is 9.01. The fraction of sp³-hybridized carbons (Fsp3) is 0.909. The van der Waals surface area contributed by atoms with E-state index in [1.807, 2.05) is 0 Å². The van der Waals surface area contributed by atoms with Crippen LogP contribution in [0.15, 0.2) is 0 Å². The van der Waals surface area contributed by atoms with Crippen molar-refractivity contribution in [2.75, 3.05) is 13.1 Å². The van der Waals surface area contributed by atoms with Crippen molar-refractivity contribution in [1.29, 1.82) is 5.26 Å². The van der Waals surface area contributed by atoms with Crippen molar-refractivity contribution in [1.82, 2.24) is 4.90 Å². The Labute approximate surface area is 81.5 Å². The molecular weight excluding hydrogens is 160 g/mol. The Morgan fingerprint density at radius 2 is 2.23 bits per heavy atom. The second kappa shape index (κ2) is 4.11. The number of likely N-dealkylation sites (tertiary alicyclic amines) is 1. The van der Waals surface area contributed by atoms with Crippen molar-refractivity contribution < 1.29 is 0 Å². The summed E-state index contributed by atoms with van der Waals surface area (Å²) in [5.41, 5.74) is 0.463. The molecule has 0 aromatic rings. The molecule has 1 heterocycles. The minimum Gasteiger partial charge on any atom is -0.288 e. The molecule has 1 aliphatic heterocycles. The van der Waals surface area contributed by atoms with E-state index in [1.54, 1.807) is 0 Å². The van der Waals surface area contributed by atoms with E-state index in [1.165, 1.54) is 12.8 Å². The second-order valence-corrected chi connectivity index (χ2v) is 4.44. The monoisotopic (exact) mass is 180 g/mol. The van der Waals surface area contributed by atoms with Crippen LogP contribution in [0.25, 0.3) is 0 Å². The number of hydrogen-bond acceptors (Lipinski definition) is 2. The molecule has 0 radical (unpaired) electrons. The lowest BCUT2D eigenvalue weighted by atomic mass is 9.87. The van der Waals surface area contributed by atoms with Gasteiger partial charge in [-0.2, -0.15) is 5.26 Å². The molecule has 1 saturated heterocycles. The van der Waals surface area contributed by atoms with Crippen molar-refractivity contribution in [3.05, 3.63) is 0 Å². The molecule has 0 bridgehead atoms. The van der Waals surface area contributed by atoms with Crippen LogP contribution in [0, 0.1) is 16.7 Å². The molecule has 2 atom stereocenters. The molecule has 0 aromatic heterocycles. The van der Waals surface area contributed by atoms with Crippen LogP contribution in [-0.2, 0) is 0 Å². The molecule has 2 unspecified atom stereocenters. The van der Waals surface area contributed by atoms with Crippen molar-refractivity contribution in [3.63, 3.8) is 0 Å². The molecule has 0 spiro atoms. The molecule has 74 valence electrons. The van der Waals surface area contributed by atoms with Gasteiger partial charge in [0.2, 0.25) is 0 Å². The highest BCUT2D eigenvalue weighted by atomic mass is 15.2. The minimum atomic E-state index is 0.147. The highest BCUT2D eigenvalue weighted by molar-refractivity contribution is 4.96. The van der Waals surface area contributed by atoms with Gasteiger partial charge in [-0.3, -0.25) is 4.90 Å². The standard InChI is InChI=1S/C11H20N2/c1-4-10(8-12)13-7-6-11(3,5-2)9-13/h10H,4-7,9H2,1-3H3. The first-order valence-electron chi connectivity index (χ1n) is 5.29. The van der Waals surface area contributed by atoms with Gasteiger partial charge in [0.05, 0.1) is 12.1 Å². The van der Waals surface area contributed by atoms with Crippen LogP contribution in [0.2, 0.25) is 0 Å². The summed E-state index contributed by atoms with van der Waals surface area (Å²) in [5, 5.41) is 8.94. The van der Waals surface area contributed by atoms with Crippen molar-refractivity contribution in [3.8, 4) is 6.07 Å². The van der Waals surface area contributed by atoms with Crippen molar-refractivity contribution in [2.45, 2.75) is 46.1 Å². The van der Waals surface area contributed by atoms with E-state index in [9.17, 15) is 0 Å². The maximum Gasteiger partial charge on any atom is 0.0975 e. The van der Waals surface area contributed by atoms with Gasteiger partial charge < -0.3 is 0 Å². The van der Waals surface area contributed by atoms with Crippen LogP contribution in [0.1, 0.15) is 40.0 Å². The normalized spacial score (nSPS) is 31.5. The van der Waals surface area contributed by atoms with Gasteiger partial charge in [0.15, 0.2) is 0 Å². The molecule has 0 saturated carbocycles. The fourth-order valence-electron chi connectivity index (χ4n) is 2.05. The average Bonchev–Trinajstić information content (AvgIpc) is 2.52. The van der Waals surface area contributed by atoms with E-state index in [0.29, 0.717) is 5.41 Å². The summed E-state index contributed by atoms with van der Waals surface area (Å²) in [4.78, 5) is 2.34. The van der Waals surface area contributed by atoms with Crippen molar-refractivity contribution in [2.24, 2.45) is 5.41 Å². The smallest absolute Gasteiger partial charge is 0.0975 e. The van der Waals surface area contributed by atoms with Crippen LogP contribution in [-0.4, -0.2) is 24.0 Å². The summed E-state index contributed by atoms with van der Waals surface area (Å²) in [6.45, 7) is 8.88. The fourth-order valence-corrected chi connectivity index (χ4v) is 2.05. The summed E-state index contributed by atoms with van der Waals surface area (Å²) in [6, 6.07) is 2.53. The molecule has 0 amide bonds. The quantitative estimate of drug-likeness (QED) is 0.667. The largest absolute Gasteiger partial charge is 0.288 e. The van der Waals surface area contributed by atoms with E-state index in [4.69, 9.17) is 5.26 Å². The predicted octanol–water partition coefficient (Wildman–Crippen LogP) is 2.41. The first-order valence-corrected chi connectivity index (χ1v) is 5.29. The highest BCUT2D eigenvalue weighted by Crippen LogP contribution is 2.34. The molecule has 13 heavy (non-hydrogen) atoms. The lowest BCUT2D eigenvalue weighted by molar-refractivity contribution is 0.236. The minimum absolute atomic E-state index is 0.147. The van der Waals surface area contributed by atoms with Crippen LogP contribution in [0.4, 0.5) is 0 Å². The summed E-state index contributed by atoms with van der Waals surface area (Å²) < 4.78 is 0. The number of rotatable bonds is 3. The lowest BCUT2D eigenvalue weighted by Gasteiger charge is -2.25. The maximum absolute atomic E-state index is 8.94. The van der Waals surface area contributed by atoms with E-state index >= 15 is 0 Å². The third kappa shape index (κ3) is 2.22. The van der Waals surface area contributed by atoms with Gasteiger partial charge in [0.25, 0.3) is 0 Å². The Balaban J connectivity index is 2.54. The third-order valence-electron chi connectivity index (χ3n) is 3.42. The maximum atomic E-state index is 8.94. The number of nitrogens with zero attached hydrogens (tertiary/aromatic N) is 2. The van der Waals surface area contributed by atoms with Gasteiger partial charge in [0.1, 0.15) is 0 Å². The number of nitriles is 1. The average molecular weight is 180 g/mol. The molecule has 1 fully saturated rings. The zero-order valence-electron chi connectivity index (χ0n) is 9.01. The molecule has 1 aliphatic rings. The molecule has 0 aromatic carbocycles. The zero-order chi connectivity index (χ0) is 9.90. The summed E-state index contributed by atoms with van der Waals surface area (Å²) in [7, 11) is 0. The first kappa shape index (κ1) is 10.5. The summed E-state index contributed by atoms with van der Waals surface area (Å²) in [6.07, 6.45) is 3.43. The second-order valence-electron chi connectivity index (χ2n) is 4.44. The Morgan fingerprint density at radius 3 is 2.62 bits per heavy atom.